The molecular formula is C96H105N6O20+. The lowest BCUT2D eigenvalue weighted by Gasteiger charge is -2.37. The first-order chi connectivity index (χ1) is 58.5. The molecule has 0 saturated heterocycles. The Kier molecular flexibility index (Phi) is 33.7. The van der Waals surface area contributed by atoms with Gasteiger partial charge in [0.15, 0.2) is 18.7 Å². The number of benzene rings is 9. The summed E-state index contributed by atoms with van der Waals surface area (Å²) in [7, 11) is 0. The summed E-state index contributed by atoms with van der Waals surface area (Å²) >= 11 is 0. The molecule has 1 spiro atoms. The summed E-state index contributed by atoms with van der Waals surface area (Å²) in [6.45, 7) is 40.4. The van der Waals surface area contributed by atoms with E-state index in [0.29, 0.717) is 90.3 Å². The molecule has 0 aromatic heterocycles. The number of hydrogen-bond donors (Lipinski definition) is 4. The highest BCUT2D eigenvalue weighted by Crippen LogP contribution is 2.57. The van der Waals surface area contributed by atoms with Crippen LogP contribution in [0.4, 0.5) is 22.7 Å². The van der Waals surface area contributed by atoms with Crippen LogP contribution in [0.2, 0.25) is 0 Å². The van der Waals surface area contributed by atoms with Crippen molar-refractivity contribution in [1.29, 1.82) is 0 Å². The highest BCUT2D eigenvalue weighted by molar-refractivity contribution is 6.09. The molecule has 6 aliphatic rings. The molecule has 7 aromatic rings. The number of carboxylic acids is 5. The topological polar surface area (TPSA) is 332 Å². The van der Waals surface area contributed by atoms with Crippen molar-refractivity contribution in [2.24, 2.45) is 0 Å². The molecule has 0 bridgehead atoms. The van der Waals surface area contributed by atoms with Gasteiger partial charge in [-0.25, -0.2) is 18.7 Å². The average molecular weight is 1660 g/mol. The van der Waals surface area contributed by atoms with Crippen molar-refractivity contribution >= 4 is 92.4 Å². The number of anilines is 4. The van der Waals surface area contributed by atoms with E-state index in [1.165, 1.54) is 13.8 Å². The van der Waals surface area contributed by atoms with Crippen LogP contribution in [0.15, 0.2) is 229 Å². The minimum atomic E-state index is -1.24. The van der Waals surface area contributed by atoms with Crippen molar-refractivity contribution in [2.75, 3.05) is 105 Å². The maximum absolute atomic E-state index is 13.1. The largest absolute Gasteiger partial charge is 0.545 e. The number of esters is 3. The van der Waals surface area contributed by atoms with Crippen molar-refractivity contribution in [2.45, 2.75) is 88.7 Å². The van der Waals surface area contributed by atoms with Crippen LogP contribution >= 0.6 is 0 Å². The second-order valence-corrected chi connectivity index (χ2v) is 27.5. The number of likely N-dealkylation sites (N-methyl/N-ethyl adjacent to an activating group) is 3. The van der Waals surface area contributed by atoms with Gasteiger partial charge >= 0.3 is 23.9 Å². The Morgan fingerprint density at radius 1 is 0.459 bits per heavy atom. The van der Waals surface area contributed by atoms with Gasteiger partial charge in [-0.1, -0.05) is 80.4 Å². The van der Waals surface area contributed by atoms with Crippen LogP contribution in [-0.4, -0.2) is 154 Å². The number of fused-ring (bicyclic) bond motifs is 10. The van der Waals surface area contributed by atoms with Gasteiger partial charge in [0.05, 0.1) is 35.8 Å². The lowest BCUT2D eigenvalue weighted by atomic mass is 9.77. The van der Waals surface area contributed by atoms with Crippen LogP contribution < -0.4 is 49.3 Å². The van der Waals surface area contributed by atoms with Crippen LogP contribution in [0, 0.1) is 0 Å². The van der Waals surface area contributed by atoms with Crippen LogP contribution in [0.5, 0.6) is 11.5 Å². The van der Waals surface area contributed by atoms with E-state index in [4.69, 9.17) is 62.2 Å². The molecule has 26 heteroatoms. The van der Waals surface area contributed by atoms with Crippen molar-refractivity contribution < 1.29 is 96.4 Å². The summed E-state index contributed by atoms with van der Waals surface area (Å²) in [5.74, 6) is -3.10. The van der Waals surface area contributed by atoms with Crippen molar-refractivity contribution in [3.63, 3.8) is 0 Å². The van der Waals surface area contributed by atoms with Crippen molar-refractivity contribution in [1.82, 2.24) is 9.15 Å². The summed E-state index contributed by atoms with van der Waals surface area (Å²) in [5, 5.41) is 47.6. The van der Waals surface area contributed by atoms with Crippen LogP contribution in [0.25, 0.3) is 66.8 Å². The standard InChI is InChI=1S/2C30H30N2O5.C30H32N2O4.3C2H4O2/c2*1-5-31(6-2)21-12-14-25-27(18-21)37-28-19-22(32(7-3)16-17-36-20(4)33)13-15-26(28)29(25)23-10-8-9-11-24(23)30(34)35;1-5-31(6-2)21-13-15-25-27(19-21)35-28-20-22(32(7-3)17-18-34-8-4)14-16-26(28)30(25)24-12-10-9-11-23(24)29(33)36-30;3*1-2(3)4/h2*5,8-15,18-19H,1,6-7,16-17H2,2-4H3;5,9-16,19-20H,1,6-8,17-18H2,2-4H3;3*1H3,(H,3,4)/p+1. The molecule has 13 rings (SSSR count). The predicted molar refractivity (Wildman–Crippen MR) is 471 cm³/mol. The van der Waals surface area contributed by atoms with Gasteiger partial charge < -0.3 is 82.4 Å². The minimum absolute atomic E-state index is 0.113. The zero-order valence-electron chi connectivity index (χ0n) is 70.9. The van der Waals surface area contributed by atoms with Gasteiger partial charge in [0, 0.05) is 188 Å². The Labute approximate surface area is 708 Å². The molecule has 0 fully saturated rings. The summed E-state index contributed by atoms with van der Waals surface area (Å²) in [6, 6.07) is 57.2. The SMILES string of the molecule is C=CN(CC)c1ccc2c(-c3ccccc3C(=O)O)c3ccc(=[N+](CC)CCOC(C)=O)cc-3oc2c1.C=CN(CC)c1ccc2c(-c3ccccc3C(=O)[O-])c3ccc(=[N+](CC)CCOC(C)=O)cc-3oc2c1.C=CN(CC)c1ccc2c(c1)Oc1cc(N(CC)CCOCC)ccc1C21OC(=O)c2ccccc21.CC(=O)O.CC(=O)O.CC(=O)O. The second-order valence-electron chi connectivity index (χ2n) is 27.5. The fraction of sp³-hybridized carbons (Fsp3) is 0.271. The Balaban J connectivity index is 0.000000213. The number of hydrogen-bond acceptors (Lipinski definition) is 20. The highest BCUT2D eigenvalue weighted by Gasteiger charge is 2.53. The van der Waals surface area contributed by atoms with Gasteiger partial charge in [0.2, 0.25) is 10.7 Å². The van der Waals surface area contributed by atoms with Gasteiger partial charge in [-0.3, -0.25) is 24.0 Å². The number of ether oxygens (including phenoxy) is 5. The number of aromatic carboxylic acids is 2. The molecular weight excluding hydrogens is 1560 g/mol. The number of carboxylic acid groups (broad SMARTS) is 5. The lowest BCUT2D eigenvalue weighted by Crippen LogP contribution is -2.33. The Hall–Kier alpha value is -14.1. The van der Waals surface area contributed by atoms with Crippen molar-refractivity contribution in [3.05, 3.63) is 264 Å². The molecule has 26 nitrogen and oxygen atoms in total. The normalized spacial score (nSPS) is 12.8. The fourth-order valence-electron chi connectivity index (χ4n) is 14.4. The zero-order chi connectivity index (χ0) is 89.1. The van der Waals surface area contributed by atoms with E-state index in [9.17, 15) is 34.2 Å². The number of carbonyl (C=O) groups is 8. The third-order valence-corrected chi connectivity index (χ3v) is 19.9. The van der Waals surface area contributed by atoms with Gasteiger partial charge in [-0.2, -0.15) is 0 Å². The molecule has 122 heavy (non-hydrogen) atoms. The van der Waals surface area contributed by atoms with E-state index in [2.05, 4.69) is 53.7 Å². The fourth-order valence-corrected chi connectivity index (χ4v) is 14.4. The first-order valence-electron chi connectivity index (χ1n) is 40.0. The third-order valence-electron chi connectivity index (χ3n) is 19.9. The number of aliphatic carboxylic acids is 3. The average Bonchev–Trinajstić information content (AvgIpc) is 1.53. The minimum Gasteiger partial charge on any atom is -0.545 e. The smallest absolute Gasteiger partial charge is 0.340 e. The molecule has 2 aliphatic carbocycles. The maximum atomic E-state index is 13.1. The van der Waals surface area contributed by atoms with E-state index in [-0.39, 0.29) is 42.2 Å². The summed E-state index contributed by atoms with van der Waals surface area (Å²) in [6.07, 6.45) is 5.33. The Morgan fingerprint density at radius 2 is 0.861 bits per heavy atom. The van der Waals surface area contributed by atoms with Gasteiger partial charge in [-0.15, -0.1) is 0 Å². The zero-order valence-corrected chi connectivity index (χ0v) is 70.9. The highest BCUT2D eigenvalue weighted by atomic mass is 16.6. The van der Waals surface area contributed by atoms with Gasteiger partial charge in [-0.05, 0) is 151 Å². The van der Waals surface area contributed by atoms with Gasteiger partial charge in [0.1, 0.15) is 60.5 Å². The predicted octanol–water partition coefficient (Wildman–Crippen LogP) is 15.5. The molecule has 4 aliphatic heterocycles. The molecule has 1 unspecified atom stereocenters. The van der Waals surface area contributed by atoms with E-state index in [0.717, 1.165) is 137 Å². The van der Waals surface area contributed by atoms with Crippen LogP contribution in [0.3, 0.4) is 0 Å². The summed E-state index contributed by atoms with van der Waals surface area (Å²) < 4.78 is 45.7. The Morgan fingerprint density at radius 3 is 1.27 bits per heavy atom. The van der Waals surface area contributed by atoms with Crippen LogP contribution in [-0.2, 0) is 48.5 Å². The lowest BCUT2D eigenvalue weighted by molar-refractivity contribution is -0.255. The quantitative estimate of drug-likeness (QED) is 0.0122. The first kappa shape index (κ1) is 93.4. The van der Waals surface area contributed by atoms with Gasteiger partial charge in [0.25, 0.3) is 17.9 Å². The maximum Gasteiger partial charge on any atom is 0.340 e. The molecule has 4 N–H and O–H groups in total. The molecule has 1 atom stereocenters. The van der Waals surface area contributed by atoms with Crippen LogP contribution in [0.1, 0.15) is 131 Å². The number of carbonyl (C=O) groups excluding carboxylic acids is 4. The number of nitrogens with zero attached hydrogens (tertiary/aromatic N) is 6. The molecule has 0 saturated carbocycles. The summed E-state index contributed by atoms with van der Waals surface area (Å²) in [5.41, 5.74) is 11.8. The van der Waals surface area contributed by atoms with Crippen molar-refractivity contribution in [3.8, 4) is 56.4 Å². The number of rotatable bonds is 27. The van der Waals surface area contributed by atoms with E-state index in [1.807, 2.05) is 195 Å². The monoisotopic (exact) mass is 1660 g/mol. The molecule has 4 heterocycles. The Bertz CT molecular complexity index is 5480. The summed E-state index contributed by atoms with van der Waals surface area (Å²) in [4.78, 5) is 95.0. The second kappa shape index (κ2) is 44.1. The van der Waals surface area contributed by atoms with E-state index in [1.54, 1.807) is 48.9 Å². The first-order valence-corrected chi connectivity index (χ1v) is 40.0. The molecule has 0 radical (unpaired) electrons. The molecule has 638 valence electrons. The third kappa shape index (κ3) is 22.6. The molecule has 0 amide bonds. The van der Waals surface area contributed by atoms with E-state index < -0.39 is 35.4 Å². The van der Waals surface area contributed by atoms with E-state index >= 15 is 0 Å². The molecule has 7 aromatic carbocycles.